The number of fused-ring (bicyclic) bond motifs is 5. The summed E-state index contributed by atoms with van der Waals surface area (Å²) >= 11 is 0. The van der Waals surface area contributed by atoms with E-state index in [1.54, 1.807) is 0 Å². The minimum Gasteiger partial charge on any atom is -0.276 e. The Hall–Kier alpha value is -4.84. The Morgan fingerprint density at radius 2 is 1.25 bits per heavy atom. The molecule has 7 aromatic rings. The summed E-state index contributed by atoms with van der Waals surface area (Å²) in [5.41, 5.74) is 6.79. The highest BCUT2D eigenvalue weighted by atomic mass is 15.3. The molecule has 3 aromatic heterocycles. The predicted molar refractivity (Wildman–Crippen MR) is 160 cm³/mol. The fraction of sp³-hybridized carbons (Fsp3) is 0.176. The highest BCUT2D eigenvalue weighted by molar-refractivity contribution is 5.92. The van der Waals surface area contributed by atoms with Crippen LogP contribution in [0.15, 0.2) is 103 Å². The Morgan fingerprint density at radius 1 is 0.600 bits per heavy atom. The predicted octanol–water partition coefficient (Wildman–Crippen LogP) is 8.00. The lowest BCUT2D eigenvalue weighted by Crippen LogP contribution is -2.07. The van der Waals surface area contributed by atoms with Crippen molar-refractivity contribution in [2.75, 3.05) is 0 Å². The van der Waals surface area contributed by atoms with Crippen LogP contribution in [0.25, 0.3) is 56.6 Å². The lowest BCUT2D eigenvalue weighted by Gasteiger charge is -2.22. The van der Waals surface area contributed by atoms with Crippen molar-refractivity contribution in [2.45, 2.75) is 38.0 Å². The van der Waals surface area contributed by atoms with E-state index >= 15 is 0 Å². The first-order valence-corrected chi connectivity index (χ1v) is 14.0. The lowest BCUT2D eigenvalue weighted by atomic mass is 9.84. The quantitative estimate of drug-likeness (QED) is 0.235. The van der Waals surface area contributed by atoms with Gasteiger partial charge in [0.2, 0.25) is 11.7 Å². The largest absolute Gasteiger partial charge is 0.276 e. The number of hydrogen-bond donors (Lipinski definition) is 0. The summed E-state index contributed by atoms with van der Waals surface area (Å²) in [6.07, 6.45) is 5.19. The topological polar surface area (TPSA) is 60.9 Å². The van der Waals surface area contributed by atoms with Crippen molar-refractivity contribution in [2.24, 2.45) is 0 Å². The number of para-hydroxylation sites is 2. The molecule has 0 aliphatic heterocycles. The van der Waals surface area contributed by atoms with Gasteiger partial charge in [0, 0.05) is 12.5 Å². The Balaban J connectivity index is 1.44. The SMILES string of the molecule is [2H]C1(c2ccc3c(c2)n2c4ccccc4nc2n3-c2nc(-c3ccccc3)nc(-c3ccccc3)n2)CCCCC1. The summed E-state index contributed by atoms with van der Waals surface area (Å²) in [4.78, 5) is 20.0. The molecule has 3 heterocycles. The van der Waals surface area contributed by atoms with Gasteiger partial charge < -0.3 is 0 Å². The van der Waals surface area contributed by atoms with Gasteiger partial charge >= 0.3 is 0 Å². The molecule has 40 heavy (non-hydrogen) atoms. The minimum absolute atomic E-state index is 0.513. The first-order valence-electron chi connectivity index (χ1n) is 14.5. The summed E-state index contributed by atoms with van der Waals surface area (Å²) in [7, 11) is 0. The molecule has 194 valence electrons. The number of nitrogens with zero attached hydrogens (tertiary/aromatic N) is 6. The maximum atomic E-state index is 9.32. The van der Waals surface area contributed by atoms with Gasteiger partial charge in [0.1, 0.15) is 0 Å². The fourth-order valence-corrected chi connectivity index (χ4v) is 5.98. The molecule has 0 spiro atoms. The second-order valence-corrected chi connectivity index (χ2v) is 10.5. The second kappa shape index (κ2) is 9.42. The third kappa shape index (κ3) is 3.79. The van der Waals surface area contributed by atoms with E-state index in [4.69, 9.17) is 19.9 Å². The standard InChI is InChI=1S/C34H28N6/c1-4-12-23(13-5-1)26-20-21-29-30(22-26)39-28-19-11-10-18-27(28)35-34(39)40(29)33-37-31(24-14-6-2-7-15-24)36-32(38-33)25-16-8-3-9-17-25/h2-3,6-11,14-23H,1,4-5,12-13H2/i23D. The van der Waals surface area contributed by atoms with Gasteiger partial charge in [0.15, 0.2) is 11.6 Å². The summed E-state index contributed by atoms with van der Waals surface area (Å²) in [6, 6.07) is 34.7. The highest BCUT2D eigenvalue weighted by Gasteiger charge is 2.23. The monoisotopic (exact) mass is 521 g/mol. The molecule has 1 fully saturated rings. The molecular formula is C34H28N6. The molecule has 1 aliphatic carbocycles. The Labute approximate surface area is 233 Å². The van der Waals surface area contributed by atoms with E-state index in [0.717, 1.165) is 70.2 Å². The van der Waals surface area contributed by atoms with Crippen LogP contribution in [-0.2, 0) is 0 Å². The first-order chi connectivity index (χ1) is 20.2. The normalized spacial score (nSPS) is 15.6. The van der Waals surface area contributed by atoms with Crippen LogP contribution in [0.3, 0.4) is 0 Å². The number of aromatic nitrogens is 6. The Bertz CT molecular complexity index is 1980. The third-order valence-electron chi connectivity index (χ3n) is 7.95. The van der Waals surface area contributed by atoms with Crippen LogP contribution >= 0.6 is 0 Å². The van der Waals surface area contributed by atoms with Gasteiger partial charge in [-0.2, -0.15) is 9.97 Å². The summed E-state index contributed by atoms with van der Waals surface area (Å²) in [6.45, 7) is 0. The average molecular weight is 522 g/mol. The molecule has 0 unspecified atom stereocenters. The van der Waals surface area contributed by atoms with Crippen molar-refractivity contribution >= 4 is 27.8 Å². The zero-order valence-corrected chi connectivity index (χ0v) is 22.0. The minimum atomic E-state index is -0.564. The summed E-state index contributed by atoms with van der Waals surface area (Å²) in [5.74, 6) is 1.90. The average Bonchev–Trinajstić information content (AvgIpc) is 3.56. The maximum Gasteiger partial charge on any atom is 0.241 e. The number of benzene rings is 4. The second-order valence-electron chi connectivity index (χ2n) is 10.5. The van der Waals surface area contributed by atoms with Gasteiger partial charge in [-0.1, -0.05) is 98.1 Å². The van der Waals surface area contributed by atoms with Gasteiger partial charge in [-0.05, 0) is 48.6 Å². The van der Waals surface area contributed by atoms with Crippen molar-refractivity contribution in [3.63, 3.8) is 0 Å². The van der Waals surface area contributed by atoms with Gasteiger partial charge in [0.05, 0.1) is 22.1 Å². The zero-order chi connectivity index (χ0) is 27.4. The van der Waals surface area contributed by atoms with Crippen LogP contribution in [0.5, 0.6) is 0 Å². The van der Waals surface area contributed by atoms with Crippen LogP contribution in [0.1, 0.15) is 44.9 Å². The number of hydrogen-bond acceptors (Lipinski definition) is 4. The fourth-order valence-electron chi connectivity index (χ4n) is 5.98. The Morgan fingerprint density at radius 3 is 1.95 bits per heavy atom. The van der Waals surface area contributed by atoms with Gasteiger partial charge in [-0.15, -0.1) is 0 Å². The van der Waals surface area contributed by atoms with Crippen molar-refractivity contribution in [1.29, 1.82) is 0 Å². The molecule has 0 N–H and O–H groups in total. The van der Waals surface area contributed by atoms with Crippen LogP contribution < -0.4 is 0 Å². The number of rotatable bonds is 4. The van der Waals surface area contributed by atoms with E-state index in [1.165, 1.54) is 6.42 Å². The first kappa shape index (κ1) is 22.0. The zero-order valence-electron chi connectivity index (χ0n) is 23.0. The van der Waals surface area contributed by atoms with Crippen molar-refractivity contribution in [3.05, 3.63) is 109 Å². The van der Waals surface area contributed by atoms with E-state index in [-0.39, 0.29) is 0 Å². The van der Waals surface area contributed by atoms with Crippen molar-refractivity contribution < 1.29 is 1.37 Å². The third-order valence-corrected chi connectivity index (χ3v) is 7.95. The number of imidazole rings is 2. The Kier molecular flexibility index (Phi) is 5.18. The van der Waals surface area contributed by atoms with Gasteiger partial charge in [0.25, 0.3) is 0 Å². The van der Waals surface area contributed by atoms with E-state index in [1.807, 2.05) is 83.4 Å². The lowest BCUT2D eigenvalue weighted by molar-refractivity contribution is 0.444. The van der Waals surface area contributed by atoms with Crippen molar-refractivity contribution in [1.82, 2.24) is 28.9 Å². The van der Waals surface area contributed by atoms with Gasteiger partial charge in [-0.3, -0.25) is 4.40 Å². The van der Waals surface area contributed by atoms with Crippen LogP contribution in [0, 0.1) is 0 Å². The molecule has 8 rings (SSSR count). The van der Waals surface area contributed by atoms with E-state index in [2.05, 4.69) is 28.7 Å². The molecule has 0 radical (unpaired) electrons. The molecular weight excluding hydrogens is 492 g/mol. The molecule has 0 bridgehead atoms. The molecule has 0 atom stereocenters. The maximum absolute atomic E-state index is 9.32. The molecule has 4 aromatic carbocycles. The van der Waals surface area contributed by atoms with E-state index < -0.39 is 5.89 Å². The van der Waals surface area contributed by atoms with Gasteiger partial charge in [-0.25, -0.2) is 14.5 Å². The smallest absolute Gasteiger partial charge is 0.241 e. The summed E-state index contributed by atoms with van der Waals surface area (Å²) < 4.78 is 13.6. The molecule has 0 saturated heterocycles. The molecule has 6 heteroatoms. The molecule has 0 amide bonds. The van der Waals surface area contributed by atoms with Crippen LogP contribution in [-0.4, -0.2) is 28.9 Å². The highest BCUT2D eigenvalue weighted by Crippen LogP contribution is 2.36. The molecule has 1 aliphatic rings. The van der Waals surface area contributed by atoms with E-state index in [0.29, 0.717) is 17.6 Å². The molecule has 6 nitrogen and oxygen atoms in total. The summed E-state index contributed by atoms with van der Waals surface area (Å²) in [5, 5.41) is 0. The van der Waals surface area contributed by atoms with Crippen LogP contribution in [0.2, 0.25) is 0 Å². The van der Waals surface area contributed by atoms with E-state index in [9.17, 15) is 1.37 Å². The molecule has 1 saturated carbocycles. The van der Waals surface area contributed by atoms with Crippen LogP contribution in [0.4, 0.5) is 0 Å². The van der Waals surface area contributed by atoms with Crippen molar-refractivity contribution in [3.8, 4) is 28.7 Å².